The number of carbonyl (C=O) groups excluding carboxylic acids is 1. The molecule has 1 aromatic rings. The highest BCUT2D eigenvalue weighted by Gasteiger charge is 2.34. The first-order valence-corrected chi connectivity index (χ1v) is 9.57. The summed E-state index contributed by atoms with van der Waals surface area (Å²) in [6.07, 6.45) is 5.29. The van der Waals surface area contributed by atoms with Crippen LogP contribution in [-0.2, 0) is 11.3 Å². The Morgan fingerprint density at radius 3 is 2.68 bits per heavy atom. The molecule has 0 bridgehead atoms. The van der Waals surface area contributed by atoms with Gasteiger partial charge in [-0.1, -0.05) is 18.6 Å². The molecule has 1 amide bonds. The first-order chi connectivity index (χ1) is 12.0. The van der Waals surface area contributed by atoms with Crippen LogP contribution in [0.2, 0.25) is 0 Å². The summed E-state index contributed by atoms with van der Waals surface area (Å²) in [5.74, 6) is 0.448. The van der Waals surface area contributed by atoms with Gasteiger partial charge in [-0.2, -0.15) is 0 Å². The summed E-state index contributed by atoms with van der Waals surface area (Å²) in [5, 5.41) is 0. The second-order valence-electron chi connectivity index (χ2n) is 7.65. The van der Waals surface area contributed by atoms with Crippen LogP contribution in [0.25, 0.3) is 0 Å². The quantitative estimate of drug-likeness (QED) is 0.911. The Hall–Kier alpha value is -1.46. The van der Waals surface area contributed by atoms with Gasteiger partial charge in [0.05, 0.1) is 6.04 Å². The van der Waals surface area contributed by atoms with Crippen molar-refractivity contribution in [3.05, 3.63) is 35.6 Å². The van der Waals surface area contributed by atoms with E-state index in [4.69, 9.17) is 5.73 Å². The summed E-state index contributed by atoms with van der Waals surface area (Å²) in [4.78, 5) is 17.5. The first kappa shape index (κ1) is 18.3. The van der Waals surface area contributed by atoms with E-state index in [1.54, 1.807) is 0 Å². The second kappa shape index (κ2) is 8.28. The maximum atomic E-state index is 13.2. The summed E-state index contributed by atoms with van der Waals surface area (Å²) < 4.78 is 13.1. The SMILES string of the molecule is C[C@H](N)[C@@H]1CCCN(C(=O)[C@H]2CCCCN2Cc2ccc(F)cc2)C1. The van der Waals surface area contributed by atoms with E-state index in [-0.39, 0.29) is 23.8 Å². The molecule has 0 spiro atoms. The van der Waals surface area contributed by atoms with Crippen LogP contribution in [0.5, 0.6) is 0 Å². The van der Waals surface area contributed by atoms with Crippen molar-refractivity contribution in [3.63, 3.8) is 0 Å². The molecule has 2 saturated heterocycles. The highest BCUT2D eigenvalue weighted by molar-refractivity contribution is 5.82. The number of nitrogens with two attached hydrogens (primary N) is 1. The van der Waals surface area contributed by atoms with Crippen molar-refractivity contribution in [2.45, 2.75) is 57.7 Å². The van der Waals surface area contributed by atoms with E-state index in [9.17, 15) is 9.18 Å². The van der Waals surface area contributed by atoms with Gasteiger partial charge in [0.2, 0.25) is 5.91 Å². The van der Waals surface area contributed by atoms with Crippen LogP contribution in [0.3, 0.4) is 0 Å². The molecule has 5 heteroatoms. The third kappa shape index (κ3) is 4.59. The topological polar surface area (TPSA) is 49.6 Å². The molecule has 138 valence electrons. The van der Waals surface area contributed by atoms with Crippen molar-refractivity contribution >= 4 is 5.91 Å². The Morgan fingerprint density at radius 1 is 1.20 bits per heavy atom. The second-order valence-corrected chi connectivity index (χ2v) is 7.65. The Morgan fingerprint density at radius 2 is 1.96 bits per heavy atom. The molecule has 2 aliphatic heterocycles. The van der Waals surface area contributed by atoms with Crippen molar-refractivity contribution in [2.24, 2.45) is 11.7 Å². The van der Waals surface area contributed by atoms with Crippen LogP contribution in [-0.4, -0.2) is 47.4 Å². The third-order valence-electron chi connectivity index (χ3n) is 5.71. The molecule has 2 aliphatic rings. The lowest BCUT2D eigenvalue weighted by molar-refractivity contribution is -0.140. The van der Waals surface area contributed by atoms with E-state index < -0.39 is 0 Å². The summed E-state index contributed by atoms with van der Waals surface area (Å²) in [6, 6.07) is 6.71. The van der Waals surface area contributed by atoms with Gasteiger partial charge < -0.3 is 10.6 Å². The van der Waals surface area contributed by atoms with E-state index in [1.165, 1.54) is 12.1 Å². The zero-order valence-electron chi connectivity index (χ0n) is 15.2. The number of benzene rings is 1. The molecule has 3 rings (SSSR count). The first-order valence-electron chi connectivity index (χ1n) is 9.57. The Kier molecular flexibility index (Phi) is 6.07. The predicted octanol–water partition coefficient (Wildman–Crippen LogP) is 2.77. The lowest BCUT2D eigenvalue weighted by Gasteiger charge is -2.41. The lowest BCUT2D eigenvalue weighted by Crippen LogP contribution is -2.54. The molecule has 0 saturated carbocycles. The molecular formula is C20H30FN3O. The van der Waals surface area contributed by atoms with Gasteiger partial charge in [-0.05, 0) is 62.8 Å². The number of likely N-dealkylation sites (tertiary alicyclic amines) is 2. The average Bonchev–Trinajstić information content (AvgIpc) is 2.63. The zero-order valence-corrected chi connectivity index (χ0v) is 15.2. The van der Waals surface area contributed by atoms with Gasteiger partial charge >= 0.3 is 0 Å². The average molecular weight is 347 g/mol. The number of nitrogens with zero attached hydrogens (tertiary/aromatic N) is 2. The highest BCUT2D eigenvalue weighted by atomic mass is 19.1. The Balaban J connectivity index is 1.67. The fraction of sp³-hybridized carbons (Fsp3) is 0.650. The maximum absolute atomic E-state index is 13.2. The summed E-state index contributed by atoms with van der Waals surface area (Å²) in [5.41, 5.74) is 7.13. The lowest BCUT2D eigenvalue weighted by atomic mass is 9.91. The van der Waals surface area contributed by atoms with E-state index >= 15 is 0 Å². The minimum absolute atomic E-state index is 0.0503. The van der Waals surface area contributed by atoms with Gasteiger partial charge in [-0.15, -0.1) is 0 Å². The number of rotatable bonds is 4. The van der Waals surface area contributed by atoms with E-state index in [0.717, 1.165) is 57.3 Å². The number of halogens is 1. The van der Waals surface area contributed by atoms with Gasteiger partial charge in [-0.3, -0.25) is 9.69 Å². The number of carbonyl (C=O) groups is 1. The minimum Gasteiger partial charge on any atom is -0.341 e. The molecule has 0 aliphatic carbocycles. The van der Waals surface area contributed by atoms with Gasteiger partial charge in [0, 0.05) is 25.7 Å². The van der Waals surface area contributed by atoms with E-state index in [1.807, 2.05) is 24.0 Å². The number of hydrogen-bond acceptors (Lipinski definition) is 3. The van der Waals surface area contributed by atoms with Gasteiger partial charge in [-0.25, -0.2) is 4.39 Å². The molecule has 4 nitrogen and oxygen atoms in total. The molecule has 2 N–H and O–H groups in total. The molecule has 0 aromatic heterocycles. The molecule has 3 atom stereocenters. The van der Waals surface area contributed by atoms with Crippen LogP contribution >= 0.6 is 0 Å². The Bertz CT molecular complexity index is 575. The highest BCUT2D eigenvalue weighted by Crippen LogP contribution is 2.25. The summed E-state index contributed by atoms with van der Waals surface area (Å²) >= 11 is 0. The van der Waals surface area contributed by atoms with E-state index in [0.29, 0.717) is 12.5 Å². The fourth-order valence-electron chi connectivity index (χ4n) is 4.13. The van der Waals surface area contributed by atoms with Gasteiger partial charge in [0.1, 0.15) is 5.82 Å². The van der Waals surface area contributed by atoms with Crippen molar-refractivity contribution in [1.29, 1.82) is 0 Å². The Labute approximate surface area is 150 Å². The summed E-state index contributed by atoms with van der Waals surface area (Å²) in [7, 11) is 0. The number of hydrogen-bond donors (Lipinski definition) is 1. The standard InChI is InChI=1S/C20H30FN3O/c1-15(22)17-5-4-12-24(14-17)20(25)19-6-2-3-11-23(19)13-16-7-9-18(21)10-8-16/h7-10,15,17,19H,2-6,11-14,22H2,1H3/t15-,17+,19+/m0/s1. The zero-order chi connectivity index (χ0) is 17.8. The van der Waals surface area contributed by atoms with E-state index in [2.05, 4.69) is 4.90 Å². The van der Waals surface area contributed by atoms with Crippen LogP contribution in [0.4, 0.5) is 4.39 Å². The minimum atomic E-state index is -0.217. The number of amides is 1. The van der Waals surface area contributed by atoms with Crippen molar-refractivity contribution < 1.29 is 9.18 Å². The molecule has 1 aromatic carbocycles. The fourth-order valence-corrected chi connectivity index (χ4v) is 4.13. The molecule has 2 fully saturated rings. The van der Waals surface area contributed by atoms with Crippen LogP contribution in [0.1, 0.15) is 44.6 Å². The maximum Gasteiger partial charge on any atom is 0.239 e. The molecule has 0 radical (unpaired) electrons. The van der Waals surface area contributed by atoms with Crippen LogP contribution < -0.4 is 5.73 Å². The molecule has 25 heavy (non-hydrogen) atoms. The van der Waals surface area contributed by atoms with Crippen LogP contribution in [0.15, 0.2) is 24.3 Å². The van der Waals surface area contributed by atoms with Crippen molar-refractivity contribution in [2.75, 3.05) is 19.6 Å². The largest absolute Gasteiger partial charge is 0.341 e. The summed E-state index contributed by atoms with van der Waals surface area (Å²) in [6.45, 7) is 5.32. The van der Waals surface area contributed by atoms with Crippen molar-refractivity contribution in [1.82, 2.24) is 9.80 Å². The predicted molar refractivity (Wildman–Crippen MR) is 97.4 cm³/mol. The van der Waals surface area contributed by atoms with Crippen molar-refractivity contribution in [3.8, 4) is 0 Å². The molecule has 2 heterocycles. The molecule has 0 unspecified atom stereocenters. The smallest absolute Gasteiger partial charge is 0.239 e. The van der Waals surface area contributed by atoms with Gasteiger partial charge in [0.25, 0.3) is 0 Å². The number of piperidine rings is 2. The third-order valence-corrected chi connectivity index (χ3v) is 5.71. The molecular weight excluding hydrogens is 317 g/mol. The van der Waals surface area contributed by atoms with Gasteiger partial charge in [0.15, 0.2) is 0 Å². The normalized spacial score (nSPS) is 26.4. The van der Waals surface area contributed by atoms with Crippen LogP contribution in [0, 0.1) is 11.7 Å². The monoisotopic (exact) mass is 347 g/mol.